The third-order valence-corrected chi connectivity index (χ3v) is 3.11. The molecule has 0 spiro atoms. The molecule has 1 atom stereocenters. The summed E-state index contributed by atoms with van der Waals surface area (Å²) < 4.78 is 0. The number of hydrogen-bond donors (Lipinski definition) is 3. The van der Waals surface area contributed by atoms with E-state index in [0.29, 0.717) is 23.5 Å². The maximum atomic E-state index is 11.8. The van der Waals surface area contributed by atoms with Crippen LogP contribution in [0.5, 0.6) is 0 Å². The smallest absolute Gasteiger partial charge is 0.335 e. The first-order valence-electron chi connectivity index (χ1n) is 5.59. The Morgan fingerprint density at radius 2 is 2.17 bits per heavy atom. The van der Waals surface area contributed by atoms with E-state index in [1.54, 1.807) is 6.92 Å². The summed E-state index contributed by atoms with van der Waals surface area (Å²) in [6.07, 6.45) is 0.274. The van der Waals surface area contributed by atoms with E-state index in [2.05, 4.69) is 0 Å². The van der Waals surface area contributed by atoms with Crippen molar-refractivity contribution in [2.75, 3.05) is 17.2 Å². The Bertz CT molecular complexity index is 528. The van der Waals surface area contributed by atoms with Crippen molar-refractivity contribution in [3.63, 3.8) is 0 Å². The number of anilines is 2. The SMILES string of the molecule is Cc1c(N)cc(C(=O)O)cc1N1CC(N)CC1=O. The molecular formula is C12H15N3O3. The molecular weight excluding hydrogens is 234 g/mol. The predicted octanol–water partition coefficient (Wildman–Crippen LogP) is 0.339. The van der Waals surface area contributed by atoms with Crippen LogP contribution in [0.2, 0.25) is 0 Å². The average Bonchev–Trinajstić information content (AvgIpc) is 2.61. The van der Waals surface area contributed by atoms with Gasteiger partial charge < -0.3 is 21.5 Å². The molecule has 1 aromatic rings. The van der Waals surface area contributed by atoms with Crippen molar-refractivity contribution >= 4 is 23.3 Å². The van der Waals surface area contributed by atoms with E-state index in [4.69, 9.17) is 16.6 Å². The molecule has 1 amide bonds. The van der Waals surface area contributed by atoms with E-state index in [0.717, 1.165) is 0 Å². The number of aromatic carboxylic acids is 1. The molecule has 1 aliphatic rings. The van der Waals surface area contributed by atoms with Crippen LogP contribution in [-0.4, -0.2) is 29.6 Å². The Labute approximate surface area is 104 Å². The van der Waals surface area contributed by atoms with Crippen molar-refractivity contribution in [2.45, 2.75) is 19.4 Å². The average molecular weight is 249 g/mol. The van der Waals surface area contributed by atoms with E-state index in [-0.39, 0.29) is 23.9 Å². The molecule has 1 saturated heterocycles. The molecule has 6 heteroatoms. The van der Waals surface area contributed by atoms with Gasteiger partial charge in [0.25, 0.3) is 0 Å². The number of nitrogens with zero attached hydrogens (tertiary/aromatic N) is 1. The number of carbonyl (C=O) groups is 2. The normalized spacial score (nSPS) is 19.3. The van der Waals surface area contributed by atoms with Gasteiger partial charge in [-0.05, 0) is 24.6 Å². The lowest BCUT2D eigenvalue weighted by atomic mass is 10.1. The van der Waals surface area contributed by atoms with Crippen molar-refractivity contribution < 1.29 is 14.7 Å². The van der Waals surface area contributed by atoms with E-state index < -0.39 is 5.97 Å². The molecule has 6 nitrogen and oxygen atoms in total. The topological polar surface area (TPSA) is 110 Å². The largest absolute Gasteiger partial charge is 0.478 e. The number of amides is 1. The van der Waals surface area contributed by atoms with Crippen LogP contribution in [0, 0.1) is 6.92 Å². The van der Waals surface area contributed by atoms with Crippen molar-refractivity contribution in [3.8, 4) is 0 Å². The van der Waals surface area contributed by atoms with Gasteiger partial charge in [-0.3, -0.25) is 4.79 Å². The van der Waals surface area contributed by atoms with Crippen LogP contribution in [-0.2, 0) is 4.79 Å². The van der Waals surface area contributed by atoms with Crippen molar-refractivity contribution in [3.05, 3.63) is 23.3 Å². The Kier molecular flexibility index (Phi) is 2.96. The summed E-state index contributed by atoms with van der Waals surface area (Å²) in [5.41, 5.74) is 13.2. The van der Waals surface area contributed by atoms with E-state index in [1.807, 2.05) is 0 Å². The van der Waals surface area contributed by atoms with E-state index in [1.165, 1.54) is 17.0 Å². The number of carbonyl (C=O) groups excluding carboxylic acids is 1. The molecule has 0 aliphatic carbocycles. The highest BCUT2D eigenvalue weighted by molar-refractivity contribution is 6.00. The number of hydrogen-bond acceptors (Lipinski definition) is 4. The second-order valence-corrected chi connectivity index (χ2v) is 4.48. The van der Waals surface area contributed by atoms with Gasteiger partial charge in [0, 0.05) is 30.4 Å². The van der Waals surface area contributed by atoms with Gasteiger partial charge in [0.15, 0.2) is 0 Å². The molecule has 1 aromatic carbocycles. The van der Waals surface area contributed by atoms with Crippen LogP contribution in [0.3, 0.4) is 0 Å². The summed E-state index contributed by atoms with van der Waals surface area (Å²) >= 11 is 0. The number of carboxylic acids is 1. The molecule has 18 heavy (non-hydrogen) atoms. The van der Waals surface area contributed by atoms with Crippen LogP contribution in [0.4, 0.5) is 11.4 Å². The van der Waals surface area contributed by atoms with Gasteiger partial charge in [0.1, 0.15) is 0 Å². The van der Waals surface area contributed by atoms with Gasteiger partial charge in [0.05, 0.1) is 5.56 Å². The summed E-state index contributed by atoms with van der Waals surface area (Å²) in [5, 5.41) is 9.00. The summed E-state index contributed by atoms with van der Waals surface area (Å²) in [5.74, 6) is -1.17. The van der Waals surface area contributed by atoms with Gasteiger partial charge in [-0.15, -0.1) is 0 Å². The molecule has 96 valence electrons. The molecule has 1 fully saturated rings. The molecule has 5 N–H and O–H groups in total. The fourth-order valence-corrected chi connectivity index (χ4v) is 2.09. The fraction of sp³-hybridized carbons (Fsp3) is 0.333. The molecule has 0 saturated carbocycles. The second kappa shape index (κ2) is 4.30. The van der Waals surface area contributed by atoms with Crippen molar-refractivity contribution in [2.24, 2.45) is 5.73 Å². The van der Waals surface area contributed by atoms with Gasteiger partial charge in [-0.25, -0.2) is 4.79 Å². The number of rotatable bonds is 2. The zero-order valence-corrected chi connectivity index (χ0v) is 10.0. The first kappa shape index (κ1) is 12.4. The summed E-state index contributed by atoms with van der Waals surface area (Å²) in [6, 6.07) is 2.64. The monoisotopic (exact) mass is 249 g/mol. The summed E-state index contributed by atoms with van der Waals surface area (Å²) in [7, 11) is 0. The Balaban J connectivity index is 2.50. The fourth-order valence-electron chi connectivity index (χ4n) is 2.09. The Morgan fingerprint density at radius 1 is 1.50 bits per heavy atom. The highest BCUT2D eigenvalue weighted by Crippen LogP contribution is 2.30. The number of benzene rings is 1. The lowest BCUT2D eigenvalue weighted by molar-refractivity contribution is -0.117. The van der Waals surface area contributed by atoms with Gasteiger partial charge in [-0.2, -0.15) is 0 Å². The van der Waals surface area contributed by atoms with Crippen molar-refractivity contribution in [1.82, 2.24) is 0 Å². The van der Waals surface area contributed by atoms with E-state index >= 15 is 0 Å². The first-order chi connectivity index (χ1) is 8.40. The Hall–Kier alpha value is -2.08. The van der Waals surface area contributed by atoms with Gasteiger partial charge in [-0.1, -0.05) is 0 Å². The molecule has 2 rings (SSSR count). The molecule has 0 bridgehead atoms. The van der Waals surface area contributed by atoms with Crippen molar-refractivity contribution in [1.29, 1.82) is 0 Å². The standard InChI is InChI=1S/C12H15N3O3/c1-6-9(14)2-7(12(17)18)3-10(6)15-5-8(13)4-11(15)16/h2-3,8H,4-5,13-14H2,1H3,(H,17,18). The third-order valence-electron chi connectivity index (χ3n) is 3.11. The minimum absolute atomic E-state index is 0.0707. The minimum Gasteiger partial charge on any atom is -0.478 e. The summed E-state index contributed by atoms with van der Waals surface area (Å²) in [6.45, 7) is 2.15. The third kappa shape index (κ3) is 2.02. The first-order valence-corrected chi connectivity index (χ1v) is 5.59. The van der Waals surface area contributed by atoms with Crippen LogP contribution >= 0.6 is 0 Å². The predicted molar refractivity (Wildman–Crippen MR) is 67.5 cm³/mol. The van der Waals surface area contributed by atoms with Crippen LogP contribution in [0.15, 0.2) is 12.1 Å². The van der Waals surface area contributed by atoms with Crippen LogP contribution < -0.4 is 16.4 Å². The van der Waals surface area contributed by atoms with Gasteiger partial charge in [0.2, 0.25) is 5.91 Å². The molecule has 0 radical (unpaired) electrons. The second-order valence-electron chi connectivity index (χ2n) is 4.48. The lowest BCUT2D eigenvalue weighted by Crippen LogP contribution is -2.29. The maximum Gasteiger partial charge on any atom is 0.335 e. The molecule has 1 aliphatic heterocycles. The molecule has 1 unspecified atom stereocenters. The van der Waals surface area contributed by atoms with Crippen LogP contribution in [0.25, 0.3) is 0 Å². The Morgan fingerprint density at radius 3 is 2.67 bits per heavy atom. The zero-order chi connectivity index (χ0) is 13.4. The number of nitrogen functional groups attached to an aromatic ring is 1. The lowest BCUT2D eigenvalue weighted by Gasteiger charge is -2.20. The molecule has 0 aromatic heterocycles. The summed E-state index contributed by atoms with van der Waals surface area (Å²) in [4.78, 5) is 24.3. The quantitative estimate of drug-likeness (QED) is 0.655. The van der Waals surface area contributed by atoms with Crippen LogP contribution in [0.1, 0.15) is 22.3 Å². The highest BCUT2D eigenvalue weighted by Gasteiger charge is 2.29. The minimum atomic E-state index is -1.07. The molecule has 1 heterocycles. The highest BCUT2D eigenvalue weighted by atomic mass is 16.4. The zero-order valence-electron chi connectivity index (χ0n) is 10.0. The number of carboxylic acid groups (broad SMARTS) is 1. The number of nitrogens with two attached hydrogens (primary N) is 2. The van der Waals surface area contributed by atoms with E-state index in [9.17, 15) is 9.59 Å². The maximum absolute atomic E-state index is 11.8. The van der Waals surface area contributed by atoms with Gasteiger partial charge >= 0.3 is 5.97 Å².